The summed E-state index contributed by atoms with van der Waals surface area (Å²) in [5.41, 5.74) is -1.16. The van der Waals surface area contributed by atoms with Gasteiger partial charge in [0, 0.05) is 29.3 Å². The van der Waals surface area contributed by atoms with Crippen molar-refractivity contribution in [1.82, 2.24) is 4.90 Å². The molecule has 1 aromatic heterocycles. The van der Waals surface area contributed by atoms with E-state index in [0.29, 0.717) is 16.3 Å². The fourth-order valence-corrected chi connectivity index (χ4v) is 5.62. The molecule has 7 nitrogen and oxygen atoms in total. The van der Waals surface area contributed by atoms with Crippen molar-refractivity contribution in [3.05, 3.63) is 110 Å². The van der Waals surface area contributed by atoms with Gasteiger partial charge in [-0.2, -0.15) is 0 Å². The largest absolute Gasteiger partial charge is 0.450 e. The third-order valence-electron chi connectivity index (χ3n) is 7.02. The standard InChI is InChI=1S/C28H20ClFN2O5/c29-17-10-11-22-18(14-17)24(34)23-25(37-22)26(35)32(12-5-13-33)28(23)19-7-2-4-9-21(19)31(27(28)36)15-16-6-1-3-8-20(16)30/h1-4,6-11,14,33H,5,12-13,15H2. The third-order valence-corrected chi connectivity index (χ3v) is 7.26. The van der Waals surface area contributed by atoms with Gasteiger partial charge in [0.1, 0.15) is 11.4 Å². The van der Waals surface area contributed by atoms with Crippen LogP contribution in [0.25, 0.3) is 11.0 Å². The fourth-order valence-electron chi connectivity index (χ4n) is 5.45. The summed E-state index contributed by atoms with van der Waals surface area (Å²) in [5.74, 6) is -1.91. The van der Waals surface area contributed by atoms with Crippen LogP contribution in [0.4, 0.5) is 10.1 Å². The number of benzene rings is 3. The van der Waals surface area contributed by atoms with E-state index < -0.39 is 28.6 Å². The van der Waals surface area contributed by atoms with E-state index in [0.717, 1.165) is 0 Å². The third kappa shape index (κ3) is 3.19. The summed E-state index contributed by atoms with van der Waals surface area (Å²) < 4.78 is 20.6. The molecule has 0 fully saturated rings. The molecule has 2 amide bonds. The number of amides is 2. The van der Waals surface area contributed by atoms with Crippen LogP contribution in [-0.2, 0) is 16.9 Å². The predicted octanol–water partition coefficient (Wildman–Crippen LogP) is 4.21. The molecule has 1 unspecified atom stereocenters. The second kappa shape index (κ2) is 8.54. The number of aliphatic hydroxyl groups is 1. The number of anilines is 1. The highest BCUT2D eigenvalue weighted by atomic mass is 35.5. The first-order valence-electron chi connectivity index (χ1n) is 11.7. The second-order valence-electron chi connectivity index (χ2n) is 9.02. The van der Waals surface area contributed by atoms with E-state index in [9.17, 15) is 23.9 Å². The minimum atomic E-state index is -1.83. The molecule has 3 aromatic carbocycles. The van der Waals surface area contributed by atoms with E-state index in [1.165, 1.54) is 28.0 Å². The molecule has 1 spiro atoms. The van der Waals surface area contributed by atoms with Crippen LogP contribution in [0.5, 0.6) is 0 Å². The number of carbonyl (C=O) groups excluding carboxylic acids is 2. The first-order chi connectivity index (χ1) is 17.9. The maximum Gasteiger partial charge on any atom is 0.291 e. The smallest absolute Gasteiger partial charge is 0.291 e. The Morgan fingerprint density at radius 1 is 1.00 bits per heavy atom. The van der Waals surface area contributed by atoms with E-state index in [4.69, 9.17) is 16.0 Å². The molecule has 4 aromatic rings. The van der Waals surface area contributed by atoms with Crippen LogP contribution in [0.15, 0.2) is 75.9 Å². The topological polar surface area (TPSA) is 91.1 Å². The number of fused-ring (bicyclic) bond motifs is 5. The number of nitrogens with zero attached hydrogens (tertiary/aromatic N) is 2. The van der Waals surface area contributed by atoms with Crippen molar-refractivity contribution in [3.63, 3.8) is 0 Å². The summed E-state index contributed by atoms with van der Waals surface area (Å²) in [5, 5.41) is 10.0. The molecule has 1 N–H and O–H groups in total. The Bertz CT molecular complexity index is 1670. The lowest BCUT2D eigenvalue weighted by Crippen LogP contribution is -2.53. The number of halogens is 2. The summed E-state index contributed by atoms with van der Waals surface area (Å²) >= 11 is 6.16. The zero-order chi connectivity index (χ0) is 25.9. The van der Waals surface area contributed by atoms with E-state index in [-0.39, 0.29) is 54.0 Å². The van der Waals surface area contributed by atoms with E-state index in [2.05, 4.69) is 0 Å². The number of aliphatic hydroxyl groups excluding tert-OH is 1. The molecule has 6 rings (SSSR count). The van der Waals surface area contributed by atoms with Gasteiger partial charge in [-0.25, -0.2) is 4.39 Å². The Balaban J connectivity index is 1.66. The lowest BCUT2D eigenvalue weighted by atomic mass is 9.84. The molecule has 0 aliphatic carbocycles. The highest BCUT2D eigenvalue weighted by Crippen LogP contribution is 2.53. The highest BCUT2D eigenvalue weighted by molar-refractivity contribution is 6.31. The fraction of sp³-hybridized carbons (Fsp3) is 0.179. The molecule has 2 aliphatic heterocycles. The lowest BCUT2D eigenvalue weighted by Gasteiger charge is -2.34. The number of carbonyl (C=O) groups is 2. The van der Waals surface area contributed by atoms with Crippen LogP contribution < -0.4 is 10.3 Å². The zero-order valence-corrected chi connectivity index (χ0v) is 20.2. The van der Waals surface area contributed by atoms with Crippen molar-refractivity contribution in [2.75, 3.05) is 18.1 Å². The van der Waals surface area contributed by atoms with Gasteiger partial charge in [-0.3, -0.25) is 14.4 Å². The van der Waals surface area contributed by atoms with E-state index >= 15 is 0 Å². The maximum absolute atomic E-state index is 14.6. The van der Waals surface area contributed by atoms with Crippen LogP contribution >= 0.6 is 11.6 Å². The lowest BCUT2D eigenvalue weighted by molar-refractivity contribution is -0.126. The average molecular weight is 519 g/mol. The monoisotopic (exact) mass is 518 g/mol. The Morgan fingerprint density at radius 3 is 2.54 bits per heavy atom. The second-order valence-corrected chi connectivity index (χ2v) is 9.46. The van der Waals surface area contributed by atoms with Crippen molar-refractivity contribution in [1.29, 1.82) is 0 Å². The van der Waals surface area contributed by atoms with Crippen molar-refractivity contribution in [2.24, 2.45) is 0 Å². The zero-order valence-electron chi connectivity index (χ0n) is 19.4. The number of hydrogen-bond donors (Lipinski definition) is 1. The van der Waals surface area contributed by atoms with Gasteiger partial charge in [0.25, 0.3) is 11.8 Å². The molecule has 2 aliphatic rings. The van der Waals surface area contributed by atoms with Crippen molar-refractivity contribution < 1.29 is 23.5 Å². The predicted molar refractivity (Wildman–Crippen MR) is 135 cm³/mol. The summed E-state index contributed by atoms with van der Waals surface area (Å²) in [6, 6.07) is 17.5. The van der Waals surface area contributed by atoms with Gasteiger partial charge >= 0.3 is 0 Å². The molecular weight excluding hydrogens is 499 g/mol. The molecule has 3 heterocycles. The number of para-hydroxylation sites is 1. The molecule has 0 saturated carbocycles. The molecule has 186 valence electrons. The van der Waals surface area contributed by atoms with Crippen molar-refractivity contribution >= 4 is 40.1 Å². The Hall–Kier alpha value is -4.01. The minimum absolute atomic E-state index is 0.0102. The quantitative estimate of drug-likeness (QED) is 0.427. The summed E-state index contributed by atoms with van der Waals surface area (Å²) in [6.07, 6.45) is 0.170. The van der Waals surface area contributed by atoms with Crippen LogP contribution in [0, 0.1) is 5.82 Å². The molecule has 9 heteroatoms. The summed E-state index contributed by atoms with van der Waals surface area (Å²) in [4.78, 5) is 44.9. The van der Waals surface area contributed by atoms with Crippen molar-refractivity contribution in [2.45, 2.75) is 18.5 Å². The van der Waals surface area contributed by atoms with Gasteiger partial charge in [-0.1, -0.05) is 48.0 Å². The first-order valence-corrected chi connectivity index (χ1v) is 12.1. The number of rotatable bonds is 5. The van der Waals surface area contributed by atoms with Gasteiger partial charge in [-0.05, 0) is 36.8 Å². The Labute approximate surface area is 215 Å². The molecule has 37 heavy (non-hydrogen) atoms. The van der Waals surface area contributed by atoms with Crippen LogP contribution in [0.2, 0.25) is 5.02 Å². The summed E-state index contributed by atoms with van der Waals surface area (Å²) in [7, 11) is 0. The van der Waals surface area contributed by atoms with Gasteiger partial charge in [-0.15, -0.1) is 0 Å². The molecule has 0 radical (unpaired) electrons. The normalized spacial score (nSPS) is 18.2. The molecule has 1 atom stereocenters. The SMILES string of the molecule is O=C1c2oc3ccc(Cl)cc3c(=O)c2C2(C(=O)N(Cc3ccccc3F)c3ccccc32)N1CCCO. The van der Waals surface area contributed by atoms with Gasteiger partial charge < -0.3 is 19.3 Å². The average Bonchev–Trinajstić information content (AvgIpc) is 3.29. The van der Waals surface area contributed by atoms with E-state index in [1.807, 2.05) is 0 Å². The van der Waals surface area contributed by atoms with Gasteiger partial charge in [0.05, 0.1) is 23.2 Å². The van der Waals surface area contributed by atoms with Crippen LogP contribution in [0.3, 0.4) is 0 Å². The molecular formula is C28H20ClFN2O5. The first kappa shape index (κ1) is 23.4. The van der Waals surface area contributed by atoms with E-state index in [1.54, 1.807) is 48.5 Å². The Kier molecular flexibility index (Phi) is 5.40. The molecule has 0 bridgehead atoms. The maximum atomic E-state index is 14.6. The van der Waals surface area contributed by atoms with Gasteiger partial charge in [0.15, 0.2) is 11.0 Å². The number of hydrogen-bond acceptors (Lipinski definition) is 5. The highest BCUT2D eigenvalue weighted by Gasteiger charge is 2.64. The van der Waals surface area contributed by atoms with Crippen LogP contribution in [-0.4, -0.2) is 35.0 Å². The molecule has 0 saturated heterocycles. The van der Waals surface area contributed by atoms with Crippen LogP contribution in [0.1, 0.15) is 33.7 Å². The Morgan fingerprint density at radius 2 is 1.76 bits per heavy atom. The summed E-state index contributed by atoms with van der Waals surface area (Å²) in [6.45, 7) is -0.347. The van der Waals surface area contributed by atoms with Crippen molar-refractivity contribution in [3.8, 4) is 0 Å². The van der Waals surface area contributed by atoms with Gasteiger partial charge in [0.2, 0.25) is 5.76 Å². The minimum Gasteiger partial charge on any atom is -0.450 e.